The van der Waals surface area contributed by atoms with Crippen LogP contribution >= 0.6 is 0 Å². The monoisotopic (exact) mass is 688 g/mol. The van der Waals surface area contributed by atoms with Crippen molar-refractivity contribution in [3.63, 3.8) is 0 Å². The van der Waals surface area contributed by atoms with Crippen molar-refractivity contribution in [3.05, 3.63) is 35.9 Å². The van der Waals surface area contributed by atoms with Gasteiger partial charge in [-0.2, -0.15) is 0 Å². The SMILES string of the molecule is CC(C)C(NC(=O)CCCC(=O)NCCC[Si]1(C(C)C)OC(C)C1C)C(=O)NCCC(=O)N[C@@H](Cc1ccccc1)C(=O)NCC(N)=O. The number of benzene rings is 1. The molecule has 6 amide bonds. The van der Waals surface area contributed by atoms with Crippen LogP contribution in [-0.4, -0.2) is 81.6 Å². The van der Waals surface area contributed by atoms with Crippen LogP contribution in [0.2, 0.25) is 17.1 Å². The molecule has 0 aliphatic carbocycles. The lowest BCUT2D eigenvalue weighted by molar-refractivity contribution is -0.131. The van der Waals surface area contributed by atoms with Crippen molar-refractivity contribution in [2.75, 3.05) is 19.6 Å². The highest BCUT2D eigenvalue weighted by Gasteiger charge is 2.54. The fourth-order valence-electron chi connectivity index (χ4n) is 6.02. The van der Waals surface area contributed by atoms with E-state index in [1.54, 1.807) is 13.8 Å². The maximum absolute atomic E-state index is 12.9. The van der Waals surface area contributed by atoms with Crippen LogP contribution in [0.5, 0.6) is 0 Å². The third-order valence-corrected chi connectivity index (χ3v) is 14.9. The van der Waals surface area contributed by atoms with Gasteiger partial charge in [0.05, 0.1) is 6.54 Å². The second-order valence-corrected chi connectivity index (χ2v) is 18.1. The number of carbonyl (C=O) groups is 6. The molecule has 2 rings (SSSR count). The summed E-state index contributed by atoms with van der Waals surface area (Å²) in [6.45, 7) is 12.7. The molecule has 5 atom stereocenters. The molecule has 1 saturated heterocycles. The Bertz CT molecular complexity index is 1250. The van der Waals surface area contributed by atoms with E-state index >= 15 is 0 Å². The molecule has 0 radical (unpaired) electrons. The van der Waals surface area contributed by atoms with Gasteiger partial charge in [0.25, 0.3) is 0 Å². The molecular weight excluding hydrogens is 632 g/mol. The van der Waals surface area contributed by atoms with Crippen LogP contribution in [0.3, 0.4) is 0 Å². The zero-order valence-corrected chi connectivity index (χ0v) is 30.4. The summed E-state index contributed by atoms with van der Waals surface area (Å²) in [7, 11) is -1.76. The first-order valence-electron chi connectivity index (χ1n) is 17.1. The highest BCUT2D eigenvalue weighted by Crippen LogP contribution is 2.49. The zero-order valence-electron chi connectivity index (χ0n) is 29.4. The number of hydrogen-bond acceptors (Lipinski definition) is 7. The van der Waals surface area contributed by atoms with Crippen LogP contribution in [-0.2, 0) is 39.6 Å². The molecule has 14 heteroatoms. The maximum atomic E-state index is 12.9. The van der Waals surface area contributed by atoms with E-state index < -0.39 is 44.0 Å². The lowest BCUT2D eigenvalue weighted by Gasteiger charge is -2.54. The van der Waals surface area contributed by atoms with Crippen molar-refractivity contribution in [1.82, 2.24) is 26.6 Å². The number of primary amides is 1. The molecule has 0 saturated carbocycles. The van der Waals surface area contributed by atoms with E-state index in [1.165, 1.54) is 0 Å². The van der Waals surface area contributed by atoms with Crippen molar-refractivity contribution >= 4 is 43.8 Å². The number of amides is 6. The minimum Gasteiger partial charge on any atom is -0.414 e. The molecule has 1 aliphatic heterocycles. The molecule has 4 unspecified atom stereocenters. The predicted molar refractivity (Wildman–Crippen MR) is 186 cm³/mol. The number of nitrogens with one attached hydrogen (secondary N) is 5. The number of carbonyl (C=O) groups excluding carboxylic acids is 6. The Morgan fingerprint density at radius 2 is 1.44 bits per heavy atom. The van der Waals surface area contributed by atoms with Gasteiger partial charge in [0.15, 0.2) is 0 Å². The van der Waals surface area contributed by atoms with Gasteiger partial charge >= 0.3 is 0 Å². The third-order valence-electron chi connectivity index (χ3n) is 9.02. The van der Waals surface area contributed by atoms with Crippen molar-refractivity contribution in [1.29, 1.82) is 0 Å². The molecule has 1 heterocycles. The summed E-state index contributed by atoms with van der Waals surface area (Å²) in [4.78, 5) is 74.3. The van der Waals surface area contributed by atoms with E-state index in [0.29, 0.717) is 30.2 Å². The molecule has 0 aromatic heterocycles. The summed E-state index contributed by atoms with van der Waals surface area (Å²) in [5.41, 5.74) is 7.08. The Balaban J connectivity index is 1.73. The Hall–Kier alpha value is -3.78. The lowest BCUT2D eigenvalue weighted by atomic mass is 10.0. The van der Waals surface area contributed by atoms with E-state index in [-0.39, 0.29) is 56.5 Å². The number of rotatable bonds is 21. The molecule has 0 spiro atoms. The van der Waals surface area contributed by atoms with Gasteiger partial charge in [-0.25, -0.2) is 0 Å². The number of nitrogens with two attached hydrogens (primary N) is 1. The maximum Gasteiger partial charge on any atom is 0.243 e. The molecular formula is C34H56N6O7Si. The van der Waals surface area contributed by atoms with Crippen LogP contribution in [0.4, 0.5) is 0 Å². The molecule has 1 fully saturated rings. The average molecular weight is 689 g/mol. The molecule has 1 aromatic carbocycles. The molecule has 13 nitrogen and oxygen atoms in total. The van der Waals surface area contributed by atoms with Gasteiger partial charge < -0.3 is 36.7 Å². The fraction of sp³-hybridized carbons (Fsp3) is 0.647. The zero-order chi connectivity index (χ0) is 35.9. The predicted octanol–water partition coefficient (Wildman–Crippen LogP) is 1.80. The summed E-state index contributed by atoms with van der Waals surface area (Å²) in [5, 5.41) is 13.4. The Morgan fingerprint density at radius 3 is 2.02 bits per heavy atom. The van der Waals surface area contributed by atoms with Gasteiger partial charge in [0.2, 0.25) is 43.8 Å². The Labute approximate surface area is 285 Å². The highest BCUT2D eigenvalue weighted by molar-refractivity contribution is 6.78. The summed E-state index contributed by atoms with van der Waals surface area (Å²) in [5.74, 6) is -2.85. The molecule has 1 aromatic rings. The first kappa shape index (κ1) is 40.4. The van der Waals surface area contributed by atoms with Gasteiger partial charge in [0.1, 0.15) is 12.1 Å². The van der Waals surface area contributed by atoms with Crippen LogP contribution < -0.4 is 32.3 Å². The van der Waals surface area contributed by atoms with E-state index in [1.807, 2.05) is 30.3 Å². The number of hydrogen-bond donors (Lipinski definition) is 6. The molecule has 1 aliphatic rings. The Morgan fingerprint density at radius 1 is 0.792 bits per heavy atom. The van der Waals surface area contributed by atoms with Gasteiger partial charge in [-0.15, -0.1) is 0 Å². The van der Waals surface area contributed by atoms with Crippen LogP contribution in [0, 0.1) is 5.92 Å². The average Bonchev–Trinajstić information content (AvgIpc) is 3.03. The van der Waals surface area contributed by atoms with Crippen LogP contribution in [0.15, 0.2) is 30.3 Å². The van der Waals surface area contributed by atoms with E-state index in [4.69, 9.17) is 10.2 Å². The topological polar surface area (TPSA) is 198 Å². The van der Waals surface area contributed by atoms with Crippen molar-refractivity contribution < 1.29 is 33.2 Å². The largest absolute Gasteiger partial charge is 0.414 e. The molecule has 268 valence electrons. The van der Waals surface area contributed by atoms with Gasteiger partial charge in [-0.3, -0.25) is 28.8 Å². The highest BCUT2D eigenvalue weighted by atomic mass is 28.4. The lowest BCUT2D eigenvalue weighted by Crippen LogP contribution is -2.60. The minimum atomic E-state index is -1.76. The summed E-state index contributed by atoms with van der Waals surface area (Å²) >= 11 is 0. The molecule has 48 heavy (non-hydrogen) atoms. The second-order valence-electron chi connectivity index (χ2n) is 13.4. The van der Waals surface area contributed by atoms with E-state index in [0.717, 1.165) is 18.0 Å². The third kappa shape index (κ3) is 13.0. The normalized spacial score (nSPS) is 19.8. The van der Waals surface area contributed by atoms with Crippen molar-refractivity contribution in [2.24, 2.45) is 11.7 Å². The van der Waals surface area contributed by atoms with E-state index in [9.17, 15) is 28.8 Å². The summed E-state index contributed by atoms with van der Waals surface area (Å²) in [6, 6.07) is 8.32. The minimum absolute atomic E-state index is 0.0181. The van der Waals surface area contributed by atoms with Gasteiger partial charge in [0, 0.05) is 50.4 Å². The molecule has 0 bridgehead atoms. The fourth-order valence-corrected chi connectivity index (χ4v) is 11.0. The van der Waals surface area contributed by atoms with Crippen LogP contribution in [0.25, 0.3) is 0 Å². The van der Waals surface area contributed by atoms with Crippen LogP contribution in [0.1, 0.15) is 79.2 Å². The standard InChI is InChI=1S/C34H56N6O7Si/c1-22(2)32(40-30(43)15-10-14-29(42)36-17-11-19-48(23(3)4)25(6)24(5)47-48)34(46)37-18-16-31(44)39-27(33(45)38-21-28(35)41)20-26-12-8-7-9-13-26/h7-9,12-13,22-25,27,32H,10-11,14-21H2,1-6H3,(H2,35,41)(H,36,42)(H,37,46)(H,38,45)(H,39,44)(H,40,43)/t24?,25?,27-,32?,48?/m0/s1. The van der Waals surface area contributed by atoms with E-state index in [2.05, 4.69) is 54.3 Å². The summed E-state index contributed by atoms with van der Waals surface area (Å²) in [6.07, 6.45) is 1.93. The van der Waals surface area contributed by atoms with Gasteiger partial charge in [-0.1, -0.05) is 65.0 Å². The first-order valence-corrected chi connectivity index (χ1v) is 19.3. The van der Waals surface area contributed by atoms with Gasteiger partial charge in [-0.05, 0) is 42.8 Å². The first-order chi connectivity index (χ1) is 22.7. The van der Waals surface area contributed by atoms with Crippen molar-refractivity contribution in [3.8, 4) is 0 Å². The Kier molecular flexibility index (Phi) is 16.7. The quantitative estimate of drug-likeness (QED) is 0.0836. The second kappa shape index (κ2) is 19.9. The summed E-state index contributed by atoms with van der Waals surface area (Å²) < 4.78 is 6.26. The molecule has 7 N–H and O–H groups in total. The smallest absolute Gasteiger partial charge is 0.243 e. The van der Waals surface area contributed by atoms with Crippen molar-refractivity contribution in [2.45, 2.75) is 115 Å².